The summed E-state index contributed by atoms with van der Waals surface area (Å²) in [4.78, 5) is 29.1. The first-order chi connectivity index (χ1) is 16.9. The summed E-state index contributed by atoms with van der Waals surface area (Å²) in [6, 6.07) is 9.21. The van der Waals surface area contributed by atoms with Crippen molar-refractivity contribution in [2.45, 2.75) is 25.1 Å². The summed E-state index contributed by atoms with van der Waals surface area (Å²) in [5.41, 5.74) is 1.73. The first kappa shape index (κ1) is 23.0. The van der Waals surface area contributed by atoms with Gasteiger partial charge in [0.1, 0.15) is 6.61 Å². The van der Waals surface area contributed by atoms with Crippen LogP contribution in [0.3, 0.4) is 0 Å². The number of nitrogen functional groups attached to an aromatic ring is 1. The van der Waals surface area contributed by atoms with Crippen LogP contribution in [0.4, 0.5) is 0 Å². The van der Waals surface area contributed by atoms with E-state index >= 15 is 0 Å². The standard InChI is InChI=1S/C22H26N8O4S/c1-14-11-15(2)30(26-14)21-24-25-22(29(21)23)35-13-19(31)27-7-9-28(10-8-27)20(32)18-12-33-16-5-3-4-6-17(16)34-18/h3-6,11,18H,7-10,12-13,23H2,1-2H3. The maximum Gasteiger partial charge on any atom is 0.271 e. The second kappa shape index (κ2) is 9.49. The number of ether oxygens (including phenoxy) is 2. The third-order valence-electron chi connectivity index (χ3n) is 5.90. The Kier molecular flexibility index (Phi) is 6.24. The van der Waals surface area contributed by atoms with Crippen LogP contribution in [0.1, 0.15) is 11.4 Å². The van der Waals surface area contributed by atoms with Gasteiger partial charge in [0.25, 0.3) is 11.9 Å². The largest absolute Gasteiger partial charge is 0.485 e. The molecule has 0 saturated carbocycles. The van der Waals surface area contributed by atoms with Crippen LogP contribution in [0.15, 0.2) is 35.5 Å². The van der Waals surface area contributed by atoms with Gasteiger partial charge in [-0.2, -0.15) is 5.10 Å². The van der Waals surface area contributed by atoms with Gasteiger partial charge in [-0.25, -0.2) is 9.36 Å². The molecular weight excluding hydrogens is 472 g/mol. The van der Waals surface area contributed by atoms with E-state index < -0.39 is 6.10 Å². The molecule has 2 amide bonds. The van der Waals surface area contributed by atoms with E-state index in [0.717, 1.165) is 11.4 Å². The maximum absolute atomic E-state index is 12.9. The van der Waals surface area contributed by atoms with Crippen LogP contribution < -0.4 is 15.3 Å². The Morgan fingerprint density at radius 1 is 1.09 bits per heavy atom. The van der Waals surface area contributed by atoms with Crippen LogP contribution in [-0.4, -0.2) is 90.9 Å². The Labute approximate surface area is 205 Å². The first-order valence-electron chi connectivity index (χ1n) is 11.2. The smallest absolute Gasteiger partial charge is 0.271 e. The highest BCUT2D eigenvalue weighted by Crippen LogP contribution is 2.31. The van der Waals surface area contributed by atoms with E-state index in [1.165, 1.54) is 16.4 Å². The molecule has 12 nitrogen and oxygen atoms in total. The molecule has 5 rings (SSSR count). The highest BCUT2D eigenvalue weighted by Gasteiger charge is 2.33. The summed E-state index contributed by atoms with van der Waals surface area (Å²) >= 11 is 1.22. The van der Waals surface area contributed by atoms with Crippen molar-refractivity contribution in [1.29, 1.82) is 0 Å². The number of nitrogens with zero attached hydrogens (tertiary/aromatic N) is 7. The van der Waals surface area contributed by atoms with Crippen LogP contribution in [0, 0.1) is 13.8 Å². The molecule has 2 aromatic heterocycles. The van der Waals surface area contributed by atoms with Gasteiger partial charge in [-0.15, -0.1) is 10.2 Å². The number of aromatic nitrogens is 5. The molecule has 35 heavy (non-hydrogen) atoms. The highest BCUT2D eigenvalue weighted by molar-refractivity contribution is 7.99. The Hall–Kier alpha value is -3.74. The van der Waals surface area contributed by atoms with E-state index in [-0.39, 0.29) is 24.2 Å². The topological polar surface area (TPSA) is 134 Å². The van der Waals surface area contributed by atoms with E-state index in [2.05, 4.69) is 15.3 Å². The van der Waals surface area contributed by atoms with Crippen LogP contribution in [0.25, 0.3) is 5.95 Å². The SMILES string of the molecule is Cc1cc(C)n(-c2nnc(SCC(=O)N3CCN(C(=O)C4COc5ccccc5O4)CC3)n2N)n1. The van der Waals surface area contributed by atoms with Crippen LogP contribution in [0.5, 0.6) is 11.5 Å². The number of aryl methyl sites for hydroxylation is 2. The third kappa shape index (κ3) is 4.63. The van der Waals surface area contributed by atoms with Gasteiger partial charge in [-0.05, 0) is 32.0 Å². The summed E-state index contributed by atoms with van der Waals surface area (Å²) in [6.07, 6.45) is -0.685. The molecular formula is C22H26N8O4S. The van der Waals surface area contributed by atoms with Crippen LogP contribution in [0.2, 0.25) is 0 Å². The zero-order valence-electron chi connectivity index (χ0n) is 19.5. The van der Waals surface area contributed by atoms with Crippen molar-refractivity contribution in [2.24, 2.45) is 0 Å². The van der Waals surface area contributed by atoms with Crippen molar-refractivity contribution in [3.05, 3.63) is 41.7 Å². The molecule has 1 saturated heterocycles. The molecule has 2 aliphatic rings. The zero-order valence-corrected chi connectivity index (χ0v) is 20.3. The third-order valence-corrected chi connectivity index (χ3v) is 6.83. The molecule has 1 aromatic carbocycles. The van der Waals surface area contributed by atoms with E-state index in [0.29, 0.717) is 48.8 Å². The molecule has 13 heteroatoms. The number of benzene rings is 1. The fraction of sp³-hybridized carbons (Fsp3) is 0.409. The summed E-state index contributed by atoms with van der Waals surface area (Å²) in [6.45, 7) is 5.73. The number of thioether (sulfide) groups is 1. The van der Waals surface area contributed by atoms with Gasteiger partial charge in [-0.1, -0.05) is 23.9 Å². The molecule has 184 valence electrons. The molecule has 1 unspecified atom stereocenters. The lowest BCUT2D eigenvalue weighted by molar-refractivity contribution is -0.145. The number of hydrogen-bond donors (Lipinski definition) is 1. The Morgan fingerprint density at radius 3 is 2.51 bits per heavy atom. The molecule has 4 heterocycles. The summed E-state index contributed by atoms with van der Waals surface area (Å²) in [7, 11) is 0. The van der Waals surface area contributed by atoms with E-state index in [1.54, 1.807) is 20.5 Å². The van der Waals surface area contributed by atoms with Crippen molar-refractivity contribution in [1.82, 2.24) is 34.5 Å². The number of rotatable bonds is 5. The average Bonchev–Trinajstić information content (AvgIpc) is 3.41. The van der Waals surface area contributed by atoms with Gasteiger partial charge in [0.05, 0.1) is 11.4 Å². The molecule has 0 aliphatic carbocycles. The number of piperazine rings is 1. The molecule has 2 N–H and O–H groups in total. The van der Waals surface area contributed by atoms with E-state index in [4.69, 9.17) is 15.3 Å². The summed E-state index contributed by atoms with van der Waals surface area (Å²) in [5, 5.41) is 13.0. The molecule has 0 radical (unpaired) electrons. The quantitative estimate of drug-likeness (QED) is 0.392. The number of carbonyl (C=O) groups is 2. The lowest BCUT2D eigenvalue weighted by Gasteiger charge is -2.37. The molecule has 3 aromatic rings. The Balaban J connectivity index is 1.12. The van der Waals surface area contributed by atoms with Crippen molar-refractivity contribution in [3.8, 4) is 17.4 Å². The fourth-order valence-electron chi connectivity index (χ4n) is 4.08. The number of para-hydroxylation sites is 2. The Bertz CT molecular complexity index is 1250. The van der Waals surface area contributed by atoms with Gasteiger partial charge >= 0.3 is 0 Å². The van der Waals surface area contributed by atoms with E-state index in [9.17, 15) is 9.59 Å². The van der Waals surface area contributed by atoms with Crippen molar-refractivity contribution < 1.29 is 19.1 Å². The summed E-state index contributed by atoms with van der Waals surface area (Å²) in [5.74, 6) is 7.72. The lowest BCUT2D eigenvalue weighted by atomic mass is 10.2. The molecule has 1 fully saturated rings. The zero-order chi connectivity index (χ0) is 24.5. The molecule has 0 spiro atoms. The highest BCUT2D eigenvalue weighted by atomic mass is 32.2. The number of amides is 2. The predicted octanol–water partition coefficient (Wildman–Crippen LogP) is 0.397. The number of fused-ring (bicyclic) bond motifs is 1. The maximum atomic E-state index is 12.9. The van der Waals surface area contributed by atoms with Crippen LogP contribution in [-0.2, 0) is 9.59 Å². The van der Waals surface area contributed by atoms with Gasteiger partial charge in [0.15, 0.2) is 11.5 Å². The van der Waals surface area contributed by atoms with Crippen molar-refractivity contribution >= 4 is 23.6 Å². The minimum atomic E-state index is -0.685. The van der Waals surface area contributed by atoms with Crippen molar-refractivity contribution in [2.75, 3.05) is 44.4 Å². The normalized spacial score (nSPS) is 17.5. The molecule has 1 atom stereocenters. The monoisotopic (exact) mass is 498 g/mol. The minimum Gasteiger partial charge on any atom is -0.485 e. The number of nitrogens with two attached hydrogens (primary N) is 1. The van der Waals surface area contributed by atoms with Crippen molar-refractivity contribution in [3.63, 3.8) is 0 Å². The molecule has 2 aliphatic heterocycles. The average molecular weight is 499 g/mol. The van der Waals surface area contributed by atoms with E-state index in [1.807, 2.05) is 38.1 Å². The number of hydrogen-bond acceptors (Lipinski definition) is 9. The number of carbonyl (C=O) groups excluding carboxylic acids is 2. The lowest BCUT2D eigenvalue weighted by Crippen LogP contribution is -2.55. The minimum absolute atomic E-state index is 0.0519. The van der Waals surface area contributed by atoms with Gasteiger partial charge in [-0.3, -0.25) is 9.59 Å². The van der Waals surface area contributed by atoms with Crippen LogP contribution >= 0.6 is 11.8 Å². The first-order valence-corrected chi connectivity index (χ1v) is 12.2. The second-order valence-electron chi connectivity index (χ2n) is 8.35. The molecule has 0 bridgehead atoms. The van der Waals surface area contributed by atoms with Gasteiger partial charge in [0.2, 0.25) is 17.2 Å². The predicted molar refractivity (Wildman–Crippen MR) is 127 cm³/mol. The van der Waals surface area contributed by atoms with Gasteiger partial charge in [0, 0.05) is 31.9 Å². The van der Waals surface area contributed by atoms with Gasteiger partial charge < -0.3 is 25.1 Å². The fourth-order valence-corrected chi connectivity index (χ4v) is 4.84. The second-order valence-corrected chi connectivity index (χ2v) is 9.29. The summed E-state index contributed by atoms with van der Waals surface area (Å²) < 4.78 is 14.4. The Morgan fingerprint density at radius 2 is 1.80 bits per heavy atom.